The number of methoxy groups -OCH3 is 2. The number of para-hydroxylation sites is 2. The molecule has 8 atom stereocenters. The van der Waals surface area contributed by atoms with Gasteiger partial charge in [0.05, 0.1) is 44.0 Å². The van der Waals surface area contributed by atoms with Crippen molar-refractivity contribution in [1.29, 1.82) is 0 Å². The minimum atomic E-state index is -1.97. The SMILES string of the molecule is CC(C(=O)O)c1ccc(N2Cc3ccccc3C2=O)cc1.COc1ccc(-c2[nH]c3ccccc3c2-c2ccc(OC)cc2)cc1.C[C@]12C=CC(=O)C=C1CC[C@H]1[C@@H]3CC[C@](O)(C(=O)CO)[C@@]3(C)C[C@H](O)[C@@]12F.O=C(c1ccc(Cl)cc1)n1cc(Cc2nn[nH]n2)c2ccccc21.[NaH]. The fraction of sp³-hybridized carbons (Fsp3) is 0.273. The number of carbonyl (C=O) groups excluding carboxylic acids is 4. The van der Waals surface area contributed by atoms with Gasteiger partial charge in [-0.05, 0) is 183 Å². The van der Waals surface area contributed by atoms with Gasteiger partial charge in [0.2, 0.25) is 0 Å². The minimum absolute atomic E-state index is 0. The van der Waals surface area contributed by atoms with Crippen LogP contribution in [-0.4, -0.2) is 148 Å². The number of nitrogens with one attached hydrogen (secondary N) is 2. The Morgan fingerprint density at radius 1 is 0.796 bits per heavy atom. The number of anilines is 1. The van der Waals surface area contributed by atoms with Crippen LogP contribution >= 0.6 is 11.6 Å². The number of carbonyl (C=O) groups is 5. The van der Waals surface area contributed by atoms with Gasteiger partial charge in [-0.15, -0.1) is 10.2 Å². The summed E-state index contributed by atoms with van der Waals surface area (Å²) in [5, 5.41) is 57.3. The van der Waals surface area contributed by atoms with Crippen LogP contribution in [-0.2, 0) is 27.3 Å². The van der Waals surface area contributed by atoms with Crippen molar-refractivity contribution in [3.8, 4) is 33.9 Å². The van der Waals surface area contributed by atoms with Gasteiger partial charge in [0.15, 0.2) is 23.1 Å². The predicted octanol–water partition coefficient (Wildman–Crippen LogP) is 12.6. The van der Waals surface area contributed by atoms with Crippen molar-refractivity contribution < 1.29 is 58.3 Å². The third kappa shape index (κ3) is 12.9. The van der Waals surface area contributed by atoms with Gasteiger partial charge >= 0.3 is 35.5 Å². The predicted molar refractivity (Wildman–Crippen MR) is 374 cm³/mol. The Labute approximate surface area is 592 Å². The van der Waals surface area contributed by atoms with Crippen LogP contribution in [0.4, 0.5) is 10.1 Å². The number of ketones is 2. The van der Waals surface area contributed by atoms with E-state index in [-0.39, 0.29) is 65.9 Å². The number of aliphatic carboxylic acids is 1. The summed E-state index contributed by atoms with van der Waals surface area (Å²) in [6.07, 6.45) is 6.98. The number of allylic oxidation sites excluding steroid dienone is 4. The second-order valence-corrected chi connectivity index (χ2v) is 26.1. The quantitative estimate of drug-likeness (QED) is 0.0622. The number of hydrogen-bond donors (Lipinski definition) is 6. The number of carboxylic acids is 1. The molecule has 4 heterocycles. The summed E-state index contributed by atoms with van der Waals surface area (Å²) in [6.45, 7) is 4.92. The molecule has 15 rings (SSSR count). The number of halogens is 2. The number of aromatic nitrogens is 6. The van der Waals surface area contributed by atoms with Crippen molar-refractivity contribution in [1.82, 2.24) is 30.2 Å². The van der Waals surface area contributed by atoms with Crippen LogP contribution in [0.25, 0.3) is 44.2 Å². The number of aliphatic hydroxyl groups excluding tert-OH is 2. The van der Waals surface area contributed by atoms with Gasteiger partial charge in [-0.1, -0.05) is 114 Å². The molecule has 1 unspecified atom stereocenters. The van der Waals surface area contributed by atoms with Gasteiger partial charge in [-0.2, -0.15) is 5.21 Å². The third-order valence-electron chi connectivity index (χ3n) is 20.6. The molecular weight excluding hydrogens is 1280 g/mol. The average molecular weight is 1350 g/mol. The number of aromatic amines is 2. The summed E-state index contributed by atoms with van der Waals surface area (Å²) in [5.74, 6) is -0.870. The molecule has 18 nitrogen and oxygen atoms in total. The molecule has 6 N–H and O–H groups in total. The van der Waals surface area contributed by atoms with Gasteiger partial charge in [-0.25, -0.2) is 4.39 Å². The number of amides is 1. The average Bonchev–Trinajstić information content (AvgIpc) is 1.17. The Morgan fingerprint density at radius 3 is 2.08 bits per heavy atom. The Morgan fingerprint density at radius 2 is 1.44 bits per heavy atom. The van der Waals surface area contributed by atoms with Gasteiger partial charge in [0.1, 0.15) is 23.7 Å². The first kappa shape index (κ1) is 70.1. The van der Waals surface area contributed by atoms with E-state index in [1.165, 1.54) is 23.1 Å². The number of Topliss-reactive ketones (excluding diaryl/α,β-unsaturated/α-hetero) is 1. The summed E-state index contributed by atoms with van der Waals surface area (Å²) in [4.78, 5) is 65.6. The molecule has 3 saturated carbocycles. The van der Waals surface area contributed by atoms with Crippen molar-refractivity contribution in [3.05, 3.63) is 239 Å². The number of tetrazole rings is 1. The van der Waals surface area contributed by atoms with Gasteiger partial charge in [0, 0.05) is 73.1 Å². The maximum atomic E-state index is 16.7. The fourth-order valence-corrected chi connectivity index (χ4v) is 15.4. The monoisotopic (exact) mass is 1350 g/mol. The summed E-state index contributed by atoms with van der Waals surface area (Å²) in [5.41, 5.74) is 6.30. The first-order chi connectivity index (χ1) is 46.6. The molecule has 7 aromatic carbocycles. The van der Waals surface area contributed by atoms with Crippen molar-refractivity contribution in [2.24, 2.45) is 22.7 Å². The van der Waals surface area contributed by atoms with E-state index in [1.54, 1.807) is 99.1 Å². The number of alkyl halides is 1. The molecule has 0 spiro atoms. The first-order valence-electron chi connectivity index (χ1n) is 32.1. The number of fused-ring (bicyclic) bond motifs is 8. The van der Waals surface area contributed by atoms with Gasteiger partial charge < -0.3 is 39.8 Å². The molecule has 21 heteroatoms. The Kier molecular flexibility index (Phi) is 20.6. The molecular formula is C77H74ClFN7NaO11. The number of benzene rings is 7. The van der Waals surface area contributed by atoms with E-state index in [0.29, 0.717) is 54.2 Å². The molecule has 10 aromatic rings. The number of aliphatic hydroxyl groups is 3. The standard InChI is InChI=1S/C22H19NO2.C21H27FO5.C17H12ClN5O.C17H15NO3.Na.H/c1-24-17-11-7-15(8-12-17)21-19-5-3-4-6-20(19)23-22(21)16-9-13-18(25-2)14-10-16;1-18-7-5-13(24)9-12(18)3-4-15-14-6-8-20(27,17(26)11-23)19(14,2)10-16(25)21(15,18)22;18-13-7-5-11(6-8-13)17(24)23-10-12(9-16-19-21-22-20-16)14-3-1-2-4-15(14)23;1-11(17(20)21)12-6-8-14(9-7-12)18-10-13-4-2-3-5-15(13)16(18)19;;/h3-14,23H,1-2H3;5,7,9,14-16,23,25,27H,3-4,6,8,10-11H2,1-2H3;1-8,10H,9H2,(H,19,20,21,22);2-9,11H,10H2,1H3,(H,20,21);;/t;14-,15-,16-,18-,19-,20-,21-;;;;/m.0..../s1. The molecule has 3 aromatic heterocycles. The molecule has 3 fully saturated rings. The molecule has 0 radical (unpaired) electrons. The first-order valence-corrected chi connectivity index (χ1v) is 32.4. The van der Waals surface area contributed by atoms with Crippen LogP contribution in [0.2, 0.25) is 5.02 Å². The van der Waals surface area contributed by atoms with Crippen LogP contribution in [0.3, 0.4) is 0 Å². The summed E-state index contributed by atoms with van der Waals surface area (Å²) in [6, 6.07) is 54.0. The van der Waals surface area contributed by atoms with Crippen molar-refractivity contribution in [2.75, 3.05) is 25.7 Å². The van der Waals surface area contributed by atoms with Crippen LogP contribution in [0.1, 0.15) is 102 Å². The number of carboxylic acid groups (broad SMARTS) is 1. The molecule has 0 bridgehead atoms. The van der Waals surface area contributed by atoms with E-state index in [1.807, 2.05) is 79.0 Å². The van der Waals surface area contributed by atoms with E-state index < -0.39 is 58.4 Å². The summed E-state index contributed by atoms with van der Waals surface area (Å²) >= 11 is 5.90. The van der Waals surface area contributed by atoms with Crippen molar-refractivity contribution >= 4 is 98.0 Å². The van der Waals surface area contributed by atoms with Crippen molar-refractivity contribution in [3.63, 3.8) is 0 Å². The van der Waals surface area contributed by atoms with Crippen LogP contribution in [0, 0.1) is 22.7 Å². The fourth-order valence-electron chi connectivity index (χ4n) is 15.2. The Bertz CT molecular complexity index is 4680. The Hall–Kier alpha value is -9.18. The van der Waals surface area contributed by atoms with Crippen LogP contribution in [0.5, 0.6) is 11.5 Å². The topological polar surface area (TPSA) is 263 Å². The molecule has 1 aliphatic heterocycles. The van der Waals surface area contributed by atoms with Crippen molar-refractivity contribution in [2.45, 2.75) is 89.1 Å². The normalized spacial score (nSPS) is 22.8. The molecule has 0 saturated heterocycles. The zero-order valence-corrected chi connectivity index (χ0v) is 54.8. The molecule has 498 valence electrons. The van der Waals surface area contributed by atoms with E-state index in [2.05, 4.69) is 74.1 Å². The summed E-state index contributed by atoms with van der Waals surface area (Å²) in [7, 11) is 3.37. The zero-order valence-electron chi connectivity index (χ0n) is 54.1. The molecule has 4 aliphatic carbocycles. The third-order valence-corrected chi connectivity index (χ3v) is 20.9. The van der Waals surface area contributed by atoms with Crippen LogP contribution < -0.4 is 14.4 Å². The molecule has 98 heavy (non-hydrogen) atoms. The zero-order chi connectivity index (χ0) is 68.6. The number of hydrogen-bond acceptors (Lipinski definition) is 13. The molecule has 1 amide bonds. The maximum absolute atomic E-state index is 16.7. The summed E-state index contributed by atoms with van der Waals surface area (Å²) < 4.78 is 29.0. The number of nitrogens with zero attached hydrogens (tertiary/aromatic N) is 5. The van der Waals surface area contributed by atoms with E-state index in [4.69, 9.17) is 26.2 Å². The van der Waals surface area contributed by atoms with Gasteiger partial charge in [0.25, 0.3) is 11.8 Å². The second kappa shape index (κ2) is 28.7. The van der Waals surface area contributed by atoms with E-state index in [0.717, 1.165) is 72.7 Å². The number of ether oxygens (including phenoxy) is 2. The Balaban J connectivity index is 0.000000132. The van der Waals surface area contributed by atoms with Crippen LogP contribution in [0.15, 0.2) is 200 Å². The second-order valence-electron chi connectivity index (χ2n) is 25.7. The number of H-pyrrole nitrogens is 2. The van der Waals surface area contributed by atoms with E-state index in [9.17, 15) is 39.3 Å². The molecule has 5 aliphatic rings. The van der Waals surface area contributed by atoms with Gasteiger partial charge in [-0.3, -0.25) is 28.5 Å². The number of rotatable bonds is 12. The van der Waals surface area contributed by atoms with E-state index >= 15 is 4.39 Å².